The van der Waals surface area contributed by atoms with Crippen LogP contribution in [0.25, 0.3) is 66.8 Å². The second kappa shape index (κ2) is 26.0. The number of thiophene rings is 2. The number of phenolic OH excluding ortho intramolecular Hbond substituents is 2. The van der Waals surface area contributed by atoms with E-state index in [4.69, 9.17) is 28.9 Å². The van der Waals surface area contributed by atoms with Gasteiger partial charge in [0, 0.05) is 136 Å². The first-order chi connectivity index (χ1) is 46.8. The maximum absolute atomic E-state index is 10.3. The summed E-state index contributed by atoms with van der Waals surface area (Å²) in [4.78, 5) is 52.3. The zero-order chi connectivity index (χ0) is 65.4. The number of benzene rings is 4. The maximum Gasteiger partial charge on any atom is 0.180 e. The summed E-state index contributed by atoms with van der Waals surface area (Å²) in [6, 6.07) is 20.8. The fourth-order valence-electron chi connectivity index (χ4n) is 15.4. The van der Waals surface area contributed by atoms with E-state index < -0.39 is 0 Å². The molecule has 6 aromatic heterocycles. The molecule has 0 radical (unpaired) electrons. The summed E-state index contributed by atoms with van der Waals surface area (Å²) in [7, 11) is 0. The van der Waals surface area contributed by atoms with Crippen LogP contribution in [0.1, 0.15) is 97.9 Å². The first-order valence-corrected chi connectivity index (χ1v) is 34.5. The van der Waals surface area contributed by atoms with Gasteiger partial charge in [0.05, 0.1) is 0 Å². The van der Waals surface area contributed by atoms with Crippen molar-refractivity contribution in [1.29, 1.82) is 0 Å². The lowest BCUT2D eigenvalue weighted by Gasteiger charge is -2.33. The van der Waals surface area contributed by atoms with Crippen LogP contribution >= 0.6 is 22.7 Å². The predicted molar refractivity (Wildman–Crippen MR) is 375 cm³/mol. The molecule has 20 heteroatoms. The molecule has 10 heterocycles. The van der Waals surface area contributed by atoms with E-state index in [1.165, 1.54) is 79.4 Å². The molecule has 0 amide bonds. The summed E-state index contributed by atoms with van der Waals surface area (Å²) >= 11 is 3.53. The Bertz CT molecular complexity index is 4520. The van der Waals surface area contributed by atoms with Crippen LogP contribution in [0, 0.1) is 0 Å². The summed E-state index contributed by atoms with van der Waals surface area (Å²) in [5, 5.41) is 29.5. The molecule has 10 aromatic rings. The van der Waals surface area contributed by atoms with E-state index in [0.717, 1.165) is 139 Å². The van der Waals surface area contributed by atoms with Crippen molar-refractivity contribution < 1.29 is 29.2 Å². The summed E-state index contributed by atoms with van der Waals surface area (Å²) in [6.07, 6.45) is 31.8. The number of nitrogens with zero attached hydrogens (tertiary/aromatic N) is 12. The van der Waals surface area contributed by atoms with Crippen LogP contribution in [0.3, 0.4) is 0 Å². The molecule has 0 saturated heterocycles. The van der Waals surface area contributed by atoms with Crippen LogP contribution in [0.2, 0.25) is 0 Å². The fraction of sp³-hybridized carbons (Fsp3) is 0.316. The van der Waals surface area contributed by atoms with Crippen LogP contribution in [0.15, 0.2) is 177 Å². The maximum atomic E-state index is 10.3. The van der Waals surface area contributed by atoms with Gasteiger partial charge in [0.2, 0.25) is 0 Å². The van der Waals surface area contributed by atoms with Gasteiger partial charge in [-0.1, -0.05) is 36.4 Å². The van der Waals surface area contributed by atoms with Crippen molar-refractivity contribution in [2.24, 2.45) is 20.0 Å². The quantitative estimate of drug-likeness (QED) is 0.158. The number of aromatic hydroxyl groups is 2. The van der Waals surface area contributed by atoms with Gasteiger partial charge in [0.1, 0.15) is 85.4 Å². The van der Waals surface area contributed by atoms with Gasteiger partial charge >= 0.3 is 0 Å². The van der Waals surface area contributed by atoms with Crippen LogP contribution < -0.4 is 0 Å². The van der Waals surface area contributed by atoms with E-state index in [0.29, 0.717) is 44.2 Å². The number of aromatic nitrogens is 8. The zero-order valence-electron chi connectivity index (χ0n) is 54.0. The van der Waals surface area contributed by atoms with Crippen molar-refractivity contribution in [3.05, 3.63) is 202 Å². The number of phenols is 2. The van der Waals surface area contributed by atoms with Crippen molar-refractivity contribution in [3.63, 3.8) is 0 Å². The molecule has 0 bridgehead atoms. The predicted octanol–water partition coefficient (Wildman–Crippen LogP) is 14.1. The molecule has 4 spiro atoms. The normalized spacial score (nSPS) is 22.1. The number of ether oxygens (including phenoxy) is 4. The highest BCUT2D eigenvalue weighted by Gasteiger charge is 2.44. The van der Waals surface area contributed by atoms with Gasteiger partial charge < -0.3 is 29.2 Å². The third kappa shape index (κ3) is 12.4. The van der Waals surface area contributed by atoms with Crippen molar-refractivity contribution in [2.75, 3.05) is 26.4 Å². The third-order valence-corrected chi connectivity index (χ3v) is 21.4. The van der Waals surface area contributed by atoms with Gasteiger partial charge in [-0.15, -0.1) is 0 Å². The van der Waals surface area contributed by atoms with Crippen LogP contribution in [0.5, 0.6) is 11.5 Å². The van der Waals surface area contributed by atoms with Gasteiger partial charge in [-0.05, 0) is 175 Å². The monoisotopic (exact) mass is 1310 g/mol. The zero-order valence-corrected chi connectivity index (χ0v) is 55.7. The highest BCUT2D eigenvalue weighted by molar-refractivity contribution is 7.08. The lowest BCUT2D eigenvalue weighted by atomic mass is 9.74. The van der Waals surface area contributed by atoms with Crippen LogP contribution in [-0.4, -0.2) is 122 Å². The second-order valence-corrected chi connectivity index (χ2v) is 27.8. The lowest BCUT2D eigenvalue weighted by Crippen LogP contribution is -2.36. The summed E-state index contributed by atoms with van der Waals surface area (Å²) in [5.41, 5.74) is 23.4. The molecule has 484 valence electrons. The summed E-state index contributed by atoms with van der Waals surface area (Å²) in [5.74, 6) is 3.81. The SMILES string of the molecule is CC1=NC2(CCc3c(-c4ccsc4)ccc(-c4ccsc4)c3C2)CO1.CC1=NC2(CCc3c(-c4cncnc4)ccc(-c4cncnc4)c3C2)CO1.CC1=N[C@@]2(CCc3c(-c4cncnc4)ccc(O)c3C2)CO1.CC1=N[C@]2(CCc3c(-c4cncnc4)ccc(O)c3C2)CO1. The fourth-order valence-corrected chi connectivity index (χ4v) is 16.7. The molecule has 2 unspecified atom stereocenters. The Morgan fingerprint density at radius 1 is 0.312 bits per heavy atom. The molecule has 96 heavy (non-hydrogen) atoms. The number of fused-ring (bicyclic) bond motifs is 4. The molecule has 4 aliphatic heterocycles. The Hall–Kier alpha value is -9.92. The van der Waals surface area contributed by atoms with Crippen LogP contribution in [-0.2, 0) is 70.3 Å². The number of hydrogen-bond acceptors (Lipinski definition) is 20. The van der Waals surface area contributed by atoms with E-state index in [-0.39, 0.29) is 22.2 Å². The molecule has 0 saturated carbocycles. The molecule has 0 fully saturated rings. The molecule has 18 nitrogen and oxygen atoms in total. The Balaban J connectivity index is 0.000000105. The average Bonchev–Trinajstić information content (AvgIpc) is 1.32. The smallest absolute Gasteiger partial charge is 0.180 e. The molecular weight excluding hydrogens is 1240 g/mol. The van der Waals surface area contributed by atoms with Crippen molar-refractivity contribution in [1.82, 2.24) is 39.9 Å². The lowest BCUT2D eigenvalue weighted by molar-refractivity contribution is 0.234. The Morgan fingerprint density at radius 3 is 0.833 bits per heavy atom. The Kier molecular flexibility index (Phi) is 16.9. The van der Waals surface area contributed by atoms with Crippen LogP contribution in [0.4, 0.5) is 0 Å². The first kappa shape index (κ1) is 62.2. The van der Waals surface area contributed by atoms with E-state index in [2.05, 4.69) is 108 Å². The van der Waals surface area contributed by atoms with Gasteiger partial charge in [0.15, 0.2) is 23.6 Å². The standard InChI is InChI=1S/C21H19N5O.C21H19NOS2.2C17H17N3O2/c1-14-26-21(11-27-14)5-4-19-17(15-7-22-12-23-8-15)2-3-18(20(19)6-21)16-9-24-13-25-10-16;1-14-22-21(13-23-14)7-4-19-17(15-5-8-24-11-15)2-3-18(20(19)10-21)16-6-9-25-12-16;2*1-11-20-17(9-22-11)5-4-14-13(12-7-18-10-19-8-12)2-3-16(21)15(14)6-17/h2-3,7-10,12-13H,4-6,11H2,1H3;2-3,5-6,8-9,11-12H,4,7,10,13H2,1H3;2*2-3,7-8,10,21H,4-6,9H2,1H3/t;;2*17-/m..10/s1. The van der Waals surface area contributed by atoms with Crippen molar-refractivity contribution in [2.45, 2.75) is 127 Å². The third-order valence-electron chi connectivity index (χ3n) is 20.0. The average molecular weight is 1310 g/mol. The molecule has 4 aliphatic carbocycles. The largest absolute Gasteiger partial charge is 0.508 e. The first-order valence-electron chi connectivity index (χ1n) is 32.6. The molecule has 8 aliphatic rings. The van der Waals surface area contributed by atoms with E-state index in [1.54, 1.807) is 47.5 Å². The minimum Gasteiger partial charge on any atom is -0.508 e. The molecule has 4 atom stereocenters. The van der Waals surface area contributed by atoms with E-state index in [9.17, 15) is 10.2 Å². The van der Waals surface area contributed by atoms with Gasteiger partial charge in [-0.2, -0.15) is 22.7 Å². The van der Waals surface area contributed by atoms with E-state index >= 15 is 0 Å². The Morgan fingerprint density at radius 2 is 0.562 bits per heavy atom. The van der Waals surface area contributed by atoms with Gasteiger partial charge in [0.25, 0.3) is 0 Å². The molecular formula is C76H72N12O6S2. The minimum absolute atomic E-state index is 0.0604. The van der Waals surface area contributed by atoms with Crippen molar-refractivity contribution >= 4 is 46.3 Å². The highest BCUT2D eigenvalue weighted by atomic mass is 32.1. The minimum atomic E-state index is -0.208. The summed E-state index contributed by atoms with van der Waals surface area (Å²) in [6.45, 7) is 10.3. The number of rotatable bonds is 6. The molecule has 2 N–H and O–H groups in total. The topological polar surface area (TPSA) is 230 Å². The number of aliphatic imine (C=N–C) groups is 4. The molecule has 18 rings (SSSR count). The number of hydrogen-bond donors (Lipinski definition) is 2. The highest BCUT2D eigenvalue weighted by Crippen LogP contribution is 2.48. The van der Waals surface area contributed by atoms with Crippen molar-refractivity contribution in [3.8, 4) is 78.3 Å². The molecule has 4 aromatic carbocycles. The summed E-state index contributed by atoms with van der Waals surface area (Å²) < 4.78 is 22.6. The van der Waals surface area contributed by atoms with Gasteiger partial charge in [-0.25, -0.2) is 59.8 Å². The van der Waals surface area contributed by atoms with Gasteiger partial charge in [-0.3, -0.25) is 0 Å². The second-order valence-electron chi connectivity index (χ2n) is 26.2. The van der Waals surface area contributed by atoms with E-state index in [1.807, 2.05) is 89.4 Å². The Labute approximate surface area is 565 Å².